The first-order valence-electron chi connectivity index (χ1n) is 9.90. The van der Waals surface area contributed by atoms with Crippen LogP contribution in [0.4, 0.5) is 14.6 Å². The van der Waals surface area contributed by atoms with Gasteiger partial charge >= 0.3 is 0 Å². The Labute approximate surface area is 177 Å². The minimum Gasteiger partial charge on any atom is -0.478 e. The zero-order valence-electron chi connectivity index (χ0n) is 17.4. The Hall–Kier alpha value is -3.14. The maximum Gasteiger partial charge on any atom is 0.280 e. The quantitative estimate of drug-likeness (QED) is 0.657. The van der Waals surface area contributed by atoms with Crippen molar-refractivity contribution < 1.29 is 23.0 Å². The fourth-order valence-corrected chi connectivity index (χ4v) is 3.75. The van der Waals surface area contributed by atoms with Gasteiger partial charge in [-0.15, -0.1) is 0 Å². The summed E-state index contributed by atoms with van der Waals surface area (Å²) in [5.74, 6) is 0.00937. The van der Waals surface area contributed by atoms with Gasteiger partial charge in [0.1, 0.15) is 11.4 Å². The number of imidazole rings is 1. The van der Waals surface area contributed by atoms with Crippen molar-refractivity contribution >= 4 is 17.4 Å². The van der Waals surface area contributed by atoms with Crippen LogP contribution in [-0.4, -0.2) is 44.6 Å². The van der Waals surface area contributed by atoms with Crippen LogP contribution in [0.5, 0.6) is 5.88 Å². The number of methoxy groups -OCH3 is 1. The molecule has 1 unspecified atom stereocenters. The highest BCUT2D eigenvalue weighted by atomic mass is 19.3. The second-order valence-electron chi connectivity index (χ2n) is 8.03. The van der Waals surface area contributed by atoms with Crippen molar-refractivity contribution in [3.63, 3.8) is 0 Å². The number of nitrogens with zero attached hydrogens (tertiary/aromatic N) is 4. The van der Waals surface area contributed by atoms with Gasteiger partial charge in [-0.1, -0.05) is 6.07 Å². The van der Waals surface area contributed by atoms with Gasteiger partial charge in [0.2, 0.25) is 5.65 Å². The van der Waals surface area contributed by atoms with E-state index in [1.165, 1.54) is 25.3 Å². The average molecular weight is 431 g/mol. The molecule has 0 aromatic carbocycles. The van der Waals surface area contributed by atoms with Crippen molar-refractivity contribution in [1.82, 2.24) is 19.4 Å². The number of nitrogens with one attached hydrogen (secondary N) is 1. The lowest BCUT2D eigenvalue weighted by Crippen LogP contribution is -2.33. The first kappa shape index (κ1) is 21.1. The Morgan fingerprint density at radius 2 is 2.10 bits per heavy atom. The molecule has 164 valence electrons. The number of aromatic nitrogens is 4. The van der Waals surface area contributed by atoms with Crippen LogP contribution in [-0.2, 0) is 4.74 Å². The van der Waals surface area contributed by atoms with E-state index in [9.17, 15) is 13.6 Å². The Kier molecular flexibility index (Phi) is 5.57. The van der Waals surface area contributed by atoms with E-state index in [1.807, 2.05) is 6.20 Å². The van der Waals surface area contributed by atoms with Gasteiger partial charge in [-0.3, -0.25) is 9.20 Å². The van der Waals surface area contributed by atoms with E-state index < -0.39 is 18.0 Å². The van der Waals surface area contributed by atoms with Gasteiger partial charge in [-0.05, 0) is 38.8 Å². The largest absolute Gasteiger partial charge is 0.478 e. The number of pyridine rings is 1. The number of alkyl halides is 2. The van der Waals surface area contributed by atoms with Crippen LogP contribution in [0.3, 0.4) is 0 Å². The number of amides is 1. The summed E-state index contributed by atoms with van der Waals surface area (Å²) >= 11 is 0. The standard InChI is InChI=1S/C21H23F2N5O3/c1-21(2)9-12(7-8-31-21)15-10-28-11-16(27-20(30-3)18(28)25-15)26-19(29)14-6-4-5-13(24-14)17(22)23/h4-6,10-12,17H,7-9H2,1-3H3,(H,26,29). The summed E-state index contributed by atoms with van der Waals surface area (Å²) in [5, 5.41) is 2.59. The Morgan fingerprint density at radius 1 is 1.29 bits per heavy atom. The van der Waals surface area contributed by atoms with E-state index in [0.29, 0.717) is 12.3 Å². The second-order valence-corrected chi connectivity index (χ2v) is 8.03. The Morgan fingerprint density at radius 3 is 2.81 bits per heavy atom. The maximum atomic E-state index is 12.9. The number of ether oxygens (including phenoxy) is 2. The average Bonchev–Trinajstić information content (AvgIpc) is 3.16. The second kappa shape index (κ2) is 8.18. The molecule has 0 radical (unpaired) electrons. The van der Waals surface area contributed by atoms with E-state index >= 15 is 0 Å². The van der Waals surface area contributed by atoms with Crippen LogP contribution >= 0.6 is 0 Å². The van der Waals surface area contributed by atoms with Crippen LogP contribution in [0.1, 0.15) is 60.9 Å². The number of halogens is 2. The molecule has 1 saturated heterocycles. The SMILES string of the molecule is COc1nc(NC(=O)c2cccc(C(F)F)n2)cn2cc(C3CCOC(C)(C)C3)nc12. The van der Waals surface area contributed by atoms with Gasteiger partial charge in [-0.2, -0.15) is 4.98 Å². The van der Waals surface area contributed by atoms with Crippen LogP contribution < -0.4 is 10.1 Å². The molecule has 0 saturated carbocycles. The molecule has 4 rings (SSSR count). The summed E-state index contributed by atoms with van der Waals surface area (Å²) in [6.07, 6.45) is 2.42. The van der Waals surface area contributed by atoms with Crippen molar-refractivity contribution in [2.45, 2.75) is 44.6 Å². The van der Waals surface area contributed by atoms with E-state index in [1.54, 1.807) is 10.6 Å². The van der Waals surface area contributed by atoms with Crippen molar-refractivity contribution in [2.24, 2.45) is 0 Å². The molecule has 0 bridgehead atoms. The number of carbonyl (C=O) groups excluding carboxylic acids is 1. The molecule has 0 aliphatic carbocycles. The molecule has 1 amide bonds. The van der Waals surface area contributed by atoms with Gasteiger partial charge in [0.25, 0.3) is 18.2 Å². The minimum absolute atomic E-state index is 0.130. The summed E-state index contributed by atoms with van der Waals surface area (Å²) in [6, 6.07) is 3.89. The van der Waals surface area contributed by atoms with Gasteiger partial charge in [0, 0.05) is 18.7 Å². The summed E-state index contributed by atoms with van der Waals surface area (Å²) < 4.78 is 38.6. The smallest absolute Gasteiger partial charge is 0.280 e. The molecule has 8 nitrogen and oxygen atoms in total. The third kappa shape index (κ3) is 4.48. The van der Waals surface area contributed by atoms with Gasteiger partial charge in [0.15, 0.2) is 5.82 Å². The number of carbonyl (C=O) groups is 1. The number of hydrogen-bond donors (Lipinski definition) is 1. The van der Waals surface area contributed by atoms with E-state index in [0.717, 1.165) is 18.5 Å². The number of hydrogen-bond acceptors (Lipinski definition) is 6. The molecule has 0 spiro atoms. The molecule has 1 fully saturated rings. The predicted molar refractivity (Wildman–Crippen MR) is 109 cm³/mol. The fourth-order valence-electron chi connectivity index (χ4n) is 3.75. The summed E-state index contributed by atoms with van der Waals surface area (Å²) in [7, 11) is 1.47. The monoisotopic (exact) mass is 431 g/mol. The lowest BCUT2D eigenvalue weighted by atomic mass is 9.86. The molecule has 1 N–H and O–H groups in total. The van der Waals surface area contributed by atoms with Crippen LogP contribution in [0.25, 0.3) is 5.65 Å². The summed E-state index contributed by atoms with van der Waals surface area (Å²) in [4.78, 5) is 25.2. The Bertz CT molecular complexity index is 1120. The van der Waals surface area contributed by atoms with E-state index in [4.69, 9.17) is 14.5 Å². The first-order chi connectivity index (χ1) is 14.8. The minimum atomic E-state index is -2.76. The highest BCUT2D eigenvalue weighted by molar-refractivity contribution is 6.02. The zero-order valence-corrected chi connectivity index (χ0v) is 17.4. The normalized spacial score (nSPS) is 18.3. The van der Waals surface area contributed by atoms with Gasteiger partial charge in [-0.25, -0.2) is 18.7 Å². The predicted octanol–water partition coefficient (Wildman–Crippen LogP) is 4.00. The van der Waals surface area contributed by atoms with Gasteiger partial charge in [0.05, 0.1) is 24.6 Å². The highest BCUT2D eigenvalue weighted by Crippen LogP contribution is 2.36. The highest BCUT2D eigenvalue weighted by Gasteiger charge is 2.31. The third-order valence-electron chi connectivity index (χ3n) is 5.20. The molecular weight excluding hydrogens is 408 g/mol. The first-order valence-corrected chi connectivity index (χ1v) is 9.90. The zero-order chi connectivity index (χ0) is 22.2. The number of rotatable bonds is 5. The number of fused-ring (bicyclic) bond motifs is 1. The van der Waals surface area contributed by atoms with E-state index in [-0.39, 0.29) is 28.9 Å². The summed E-state index contributed by atoms with van der Waals surface area (Å²) in [6.45, 7) is 4.77. The number of anilines is 1. The topological polar surface area (TPSA) is 90.6 Å². The molecule has 1 aliphatic rings. The molecule has 10 heteroatoms. The Balaban J connectivity index is 1.62. The molecule has 3 aromatic heterocycles. The molecule has 3 aromatic rings. The lowest BCUT2D eigenvalue weighted by molar-refractivity contribution is -0.0597. The molecule has 4 heterocycles. The van der Waals surface area contributed by atoms with Gasteiger partial charge < -0.3 is 14.8 Å². The summed E-state index contributed by atoms with van der Waals surface area (Å²) in [5.41, 5.74) is 0.602. The molecular formula is C21H23F2N5O3. The maximum absolute atomic E-state index is 12.9. The van der Waals surface area contributed by atoms with Crippen molar-refractivity contribution in [2.75, 3.05) is 19.0 Å². The van der Waals surface area contributed by atoms with Crippen LogP contribution in [0, 0.1) is 0 Å². The van der Waals surface area contributed by atoms with Crippen molar-refractivity contribution in [1.29, 1.82) is 0 Å². The molecule has 1 atom stereocenters. The van der Waals surface area contributed by atoms with Crippen molar-refractivity contribution in [3.05, 3.63) is 47.7 Å². The van der Waals surface area contributed by atoms with Crippen LogP contribution in [0.15, 0.2) is 30.6 Å². The van der Waals surface area contributed by atoms with Crippen LogP contribution in [0.2, 0.25) is 0 Å². The molecule has 31 heavy (non-hydrogen) atoms. The fraction of sp³-hybridized carbons (Fsp3) is 0.429. The van der Waals surface area contributed by atoms with Crippen molar-refractivity contribution in [3.8, 4) is 5.88 Å². The molecule has 1 aliphatic heterocycles. The lowest BCUT2D eigenvalue weighted by Gasteiger charge is -2.34. The van der Waals surface area contributed by atoms with E-state index in [2.05, 4.69) is 29.1 Å². The third-order valence-corrected chi connectivity index (χ3v) is 5.20.